The molecule has 7 heteroatoms. The quantitative estimate of drug-likeness (QED) is 0.437. The largest absolute Gasteiger partial charge is 0.459 e. The summed E-state index contributed by atoms with van der Waals surface area (Å²) in [5, 5.41) is 6.77. The minimum Gasteiger partial charge on any atom is -0.459 e. The second-order valence-electron chi connectivity index (χ2n) is 13.1. The molecule has 2 fully saturated rings. The van der Waals surface area contributed by atoms with E-state index in [1.807, 2.05) is 27.7 Å². The molecule has 0 radical (unpaired) electrons. The van der Waals surface area contributed by atoms with Crippen LogP contribution in [0.3, 0.4) is 0 Å². The van der Waals surface area contributed by atoms with Crippen LogP contribution in [-0.2, 0) is 23.8 Å². The van der Waals surface area contributed by atoms with E-state index in [0.29, 0.717) is 48.3 Å². The average molecular weight is 585 g/mol. The Labute approximate surface area is 255 Å². The number of benzene rings is 2. The van der Waals surface area contributed by atoms with Crippen molar-refractivity contribution in [2.45, 2.75) is 102 Å². The van der Waals surface area contributed by atoms with Crippen molar-refractivity contribution in [2.75, 3.05) is 14.2 Å². The molecule has 2 aliphatic heterocycles. The van der Waals surface area contributed by atoms with Crippen LogP contribution in [0.25, 0.3) is 11.1 Å². The first-order chi connectivity index (χ1) is 20.6. The van der Waals surface area contributed by atoms with E-state index < -0.39 is 11.1 Å². The molecule has 0 aromatic heterocycles. The van der Waals surface area contributed by atoms with Gasteiger partial charge in [0.25, 0.3) is 11.8 Å². The van der Waals surface area contributed by atoms with Gasteiger partial charge in [0.05, 0.1) is 34.4 Å². The molecular weight excluding hydrogens is 540 g/mol. The van der Waals surface area contributed by atoms with Crippen molar-refractivity contribution < 1.29 is 23.8 Å². The summed E-state index contributed by atoms with van der Waals surface area (Å²) < 4.78 is 18.7. The van der Waals surface area contributed by atoms with E-state index in [1.54, 1.807) is 14.2 Å². The van der Waals surface area contributed by atoms with Crippen LogP contribution in [0.2, 0.25) is 0 Å². The number of aryl methyl sites for hydroxylation is 4. The lowest BCUT2D eigenvalue weighted by molar-refractivity contribution is -0.117. The summed E-state index contributed by atoms with van der Waals surface area (Å²) in [6, 6.07) is 12.4. The zero-order valence-corrected chi connectivity index (χ0v) is 26.3. The molecule has 6 rings (SSSR count). The third kappa shape index (κ3) is 5.10. The number of methoxy groups -OCH3 is 2. The number of amides is 2. The molecule has 0 unspecified atom stereocenters. The Balaban J connectivity index is 1.57. The van der Waals surface area contributed by atoms with E-state index in [-0.39, 0.29) is 24.0 Å². The van der Waals surface area contributed by atoms with E-state index in [2.05, 4.69) is 47.0 Å². The van der Waals surface area contributed by atoms with E-state index >= 15 is 0 Å². The minimum atomic E-state index is -0.673. The van der Waals surface area contributed by atoms with Crippen LogP contribution in [0.5, 0.6) is 0 Å². The minimum absolute atomic E-state index is 0.122. The number of carbonyl (C=O) groups excluding carboxylic acids is 2. The lowest BCUT2D eigenvalue weighted by Gasteiger charge is -2.41. The fourth-order valence-electron chi connectivity index (χ4n) is 7.60. The molecule has 0 atom stereocenters. The normalized spacial score (nSPS) is 29.1. The summed E-state index contributed by atoms with van der Waals surface area (Å²) in [5.74, 6) is 1.04. The maximum Gasteiger partial charge on any atom is 0.256 e. The van der Waals surface area contributed by atoms with Gasteiger partial charge in [0.15, 0.2) is 0 Å². The standard InChI is InChI=1S/C36H44N2O5/c1-21-7-9-23(3)27(19-21)29-31(35(37-33(29)39)15-11-25(41-5)12-16-35)43-32-30(28-20-22(2)8-10-24(28)4)34(40)38-36(32)17-13-26(42-6)14-18-36/h7-10,19-20,25-26H,11-18H2,1-6H3,(H,37,39)(H,38,40). The van der Waals surface area contributed by atoms with Gasteiger partial charge in [-0.2, -0.15) is 0 Å². The van der Waals surface area contributed by atoms with Crippen molar-refractivity contribution in [3.63, 3.8) is 0 Å². The Hall–Kier alpha value is -3.42. The summed E-state index contributed by atoms with van der Waals surface area (Å²) >= 11 is 0. The number of ether oxygens (including phenoxy) is 3. The average Bonchev–Trinajstić information content (AvgIpc) is 3.41. The fraction of sp³-hybridized carbons (Fsp3) is 0.500. The van der Waals surface area contributed by atoms with Crippen molar-refractivity contribution in [3.8, 4) is 0 Å². The van der Waals surface area contributed by atoms with E-state index in [1.165, 1.54) is 0 Å². The van der Waals surface area contributed by atoms with Crippen molar-refractivity contribution in [2.24, 2.45) is 0 Å². The number of rotatable bonds is 6. The highest BCUT2D eigenvalue weighted by molar-refractivity contribution is 6.25. The number of carbonyl (C=O) groups is 2. The molecule has 228 valence electrons. The van der Waals surface area contributed by atoms with Crippen LogP contribution < -0.4 is 10.6 Å². The summed E-state index contributed by atoms with van der Waals surface area (Å²) in [5.41, 5.74) is 5.73. The Morgan fingerprint density at radius 1 is 0.628 bits per heavy atom. The molecule has 4 aliphatic rings. The Morgan fingerprint density at radius 3 is 1.35 bits per heavy atom. The highest BCUT2D eigenvalue weighted by atomic mass is 16.5. The smallest absolute Gasteiger partial charge is 0.256 e. The van der Waals surface area contributed by atoms with Gasteiger partial charge in [-0.15, -0.1) is 0 Å². The molecule has 2 aromatic rings. The number of hydrogen-bond acceptors (Lipinski definition) is 5. The van der Waals surface area contributed by atoms with Gasteiger partial charge >= 0.3 is 0 Å². The fourth-order valence-corrected chi connectivity index (χ4v) is 7.60. The number of nitrogens with one attached hydrogen (secondary N) is 2. The van der Waals surface area contributed by atoms with Crippen LogP contribution >= 0.6 is 0 Å². The molecule has 2 aromatic carbocycles. The topological polar surface area (TPSA) is 85.9 Å². The van der Waals surface area contributed by atoms with Crippen LogP contribution in [-0.4, -0.2) is 49.3 Å². The van der Waals surface area contributed by atoms with E-state index in [0.717, 1.165) is 59.1 Å². The SMILES string of the molecule is COC1CCC2(CC1)NC(=O)C(c1cc(C)ccc1C)=C2OC1=C(c2cc(C)ccc2C)C(=O)NC12CCC(OC)CC2. The molecule has 2 N–H and O–H groups in total. The molecule has 2 amide bonds. The molecule has 2 saturated carbocycles. The molecule has 7 nitrogen and oxygen atoms in total. The van der Waals surface area contributed by atoms with Gasteiger partial charge in [0.2, 0.25) is 0 Å². The van der Waals surface area contributed by atoms with E-state index in [4.69, 9.17) is 14.2 Å². The van der Waals surface area contributed by atoms with Crippen molar-refractivity contribution in [1.29, 1.82) is 0 Å². The van der Waals surface area contributed by atoms with Gasteiger partial charge in [0.1, 0.15) is 11.5 Å². The molecule has 43 heavy (non-hydrogen) atoms. The second kappa shape index (κ2) is 11.3. The first kappa shape index (κ1) is 29.6. The summed E-state index contributed by atoms with van der Waals surface area (Å²) in [4.78, 5) is 28.0. The predicted octanol–water partition coefficient (Wildman–Crippen LogP) is 5.97. The monoisotopic (exact) mass is 584 g/mol. The first-order valence-corrected chi connectivity index (χ1v) is 15.6. The predicted molar refractivity (Wildman–Crippen MR) is 167 cm³/mol. The Bertz CT molecular complexity index is 1410. The Morgan fingerprint density at radius 2 is 1.00 bits per heavy atom. The van der Waals surface area contributed by atoms with Crippen molar-refractivity contribution in [1.82, 2.24) is 10.6 Å². The lowest BCUT2D eigenvalue weighted by atomic mass is 9.77. The van der Waals surface area contributed by atoms with Crippen molar-refractivity contribution >= 4 is 23.0 Å². The maximum absolute atomic E-state index is 14.0. The maximum atomic E-state index is 14.0. The van der Waals surface area contributed by atoms with Gasteiger partial charge in [-0.3, -0.25) is 9.59 Å². The highest BCUT2D eigenvalue weighted by Crippen LogP contribution is 2.50. The van der Waals surface area contributed by atoms with Gasteiger partial charge < -0.3 is 24.8 Å². The molecule has 2 aliphatic carbocycles. The number of hydrogen-bond donors (Lipinski definition) is 2. The molecule has 2 spiro atoms. The molecular formula is C36H44N2O5. The zero-order chi connectivity index (χ0) is 30.5. The van der Waals surface area contributed by atoms with Crippen LogP contribution in [0.15, 0.2) is 47.9 Å². The van der Waals surface area contributed by atoms with E-state index in [9.17, 15) is 9.59 Å². The molecule has 2 heterocycles. The molecule has 0 saturated heterocycles. The summed E-state index contributed by atoms with van der Waals surface area (Å²) in [6.45, 7) is 8.16. The highest BCUT2D eigenvalue weighted by Gasteiger charge is 2.54. The van der Waals surface area contributed by atoms with Gasteiger partial charge in [0, 0.05) is 14.2 Å². The lowest BCUT2D eigenvalue weighted by Crippen LogP contribution is -2.51. The summed E-state index contributed by atoms with van der Waals surface area (Å²) in [7, 11) is 3.50. The van der Waals surface area contributed by atoms with Gasteiger partial charge in [-0.1, -0.05) is 47.5 Å². The van der Waals surface area contributed by atoms with Crippen LogP contribution in [0, 0.1) is 27.7 Å². The third-order valence-corrected chi connectivity index (χ3v) is 10.3. The van der Waals surface area contributed by atoms with Gasteiger partial charge in [-0.25, -0.2) is 0 Å². The van der Waals surface area contributed by atoms with Gasteiger partial charge in [-0.05, 0) is 101 Å². The second-order valence-corrected chi connectivity index (χ2v) is 13.1. The Kier molecular flexibility index (Phi) is 7.76. The third-order valence-electron chi connectivity index (χ3n) is 10.3. The van der Waals surface area contributed by atoms with Crippen LogP contribution in [0.4, 0.5) is 0 Å². The first-order valence-electron chi connectivity index (χ1n) is 15.6. The molecule has 0 bridgehead atoms. The summed E-state index contributed by atoms with van der Waals surface area (Å²) in [6.07, 6.45) is 6.33. The van der Waals surface area contributed by atoms with Crippen molar-refractivity contribution in [3.05, 3.63) is 81.3 Å². The zero-order valence-electron chi connectivity index (χ0n) is 26.3. The van der Waals surface area contributed by atoms with Crippen LogP contribution in [0.1, 0.15) is 84.7 Å².